The molecule has 2 unspecified atom stereocenters. The maximum Gasteiger partial charge on any atom is 0.0802 e. The molecular formula is C15H29NO. The largest absolute Gasteiger partial charge is 0.377 e. The monoisotopic (exact) mass is 239 g/mol. The molecule has 100 valence electrons. The van der Waals surface area contributed by atoms with Crippen molar-refractivity contribution >= 4 is 0 Å². The number of nitrogens with one attached hydrogen (secondary N) is 1. The molecule has 0 amide bonds. The Balaban J connectivity index is 1.75. The first-order valence-electron chi connectivity index (χ1n) is 7.44. The van der Waals surface area contributed by atoms with Gasteiger partial charge in [0.25, 0.3) is 0 Å². The maximum atomic E-state index is 5.68. The van der Waals surface area contributed by atoms with E-state index in [1.807, 2.05) is 7.11 Å². The topological polar surface area (TPSA) is 21.3 Å². The van der Waals surface area contributed by atoms with Gasteiger partial charge < -0.3 is 10.1 Å². The Hall–Kier alpha value is -0.0800. The molecular weight excluding hydrogens is 210 g/mol. The van der Waals surface area contributed by atoms with Crippen molar-refractivity contribution in [3.63, 3.8) is 0 Å². The molecule has 2 atom stereocenters. The lowest BCUT2D eigenvalue weighted by molar-refractivity contribution is -0.0718. The van der Waals surface area contributed by atoms with Crippen molar-refractivity contribution in [1.82, 2.24) is 5.32 Å². The Bertz CT molecular complexity index is 230. The van der Waals surface area contributed by atoms with Crippen molar-refractivity contribution in [3.8, 4) is 0 Å². The molecule has 0 radical (unpaired) electrons. The second kappa shape index (κ2) is 5.71. The highest BCUT2D eigenvalue weighted by molar-refractivity contribution is 4.93. The minimum absolute atomic E-state index is 0.185. The lowest BCUT2D eigenvalue weighted by atomic mass is 9.77. The van der Waals surface area contributed by atoms with E-state index in [0.29, 0.717) is 0 Å². The van der Waals surface area contributed by atoms with Crippen LogP contribution in [-0.4, -0.2) is 25.3 Å². The van der Waals surface area contributed by atoms with Gasteiger partial charge in [-0.1, -0.05) is 26.7 Å². The molecule has 2 saturated carbocycles. The third-order valence-electron chi connectivity index (χ3n) is 5.07. The highest BCUT2D eigenvalue weighted by Gasteiger charge is 2.37. The Kier molecular flexibility index (Phi) is 4.48. The van der Waals surface area contributed by atoms with Crippen molar-refractivity contribution in [2.45, 2.75) is 70.4 Å². The molecule has 0 spiro atoms. The van der Waals surface area contributed by atoms with E-state index in [9.17, 15) is 0 Å². The summed E-state index contributed by atoms with van der Waals surface area (Å²) in [7, 11) is 1.87. The van der Waals surface area contributed by atoms with Gasteiger partial charge >= 0.3 is 0 Å². The summed E-state index contributed by atoms with van der Waals surface area (Å²) in [5.74, 6) is 1.78. The molecule has 0 bridgehead atoms. The molecule has 2 rings (SSSR count). The highest BCUT2D eigenvalue weighted by atomic mass is 16.5. The summed E-state index contributed by atoms with van der Waals surface area (Å²) in [5.41, 5.74) is 0.185. The fourth-order valence-corrected chi connectivity index (χ4v) is 3.37. The van der Waals surface area contributed by atoms with Gasteiger partial charge in [0.1, 0.15) is 0 Å². The van der Waals surface area contributed by atoms with Crippen LogP contribution in [0.3, 0.4) is 0 Å². The van der Waals surface area contributed by atoms with E-state index in [0.717, 1.165) is 24.4 Å². The van der Waals surface area contributed by atoms with E-state index < -0.39 is 0 Å². The second-order valence-electron chi connectivity index (χ2n) is 6.49. The van der Waals surface area contributed by atoms with Gasteiger partial charge in [0.15, 0.2) is 0 Å². The first-order chi connectivity index (χ1) is 8.15. The van der Waals surface area contributed by atoms with Crippen LogP contribution >= 0.6 is 0 Å². The summed E-state index contributed by atoms with van der Waals surface area (Å²) in [4.78, 5) is 0. The van der Waals surface area contributed by atoms with E-state index in [2.05, 4.69) is 19.2 Å². The fourth-order valence-electron chi connectivity index (χ4n) is 3.37. The quantitative estimate of drug-likeness (QED) is 0.794. The predicted octanol–water partition coefficient (Wildman–Crippen LogP) is 3.36. The Morgan fingerprint density at radius 2 is 2.00 bits per heavy atom. The zero-order chi connectivity index (χ0) is 12.3. The summed E-state index contributed by atoms with van der Waals surface area (Å²) in [6, 6.07) is 0.740. The van der Waals surface area contributed by atoms with Crippen LogP contribution < -0.4 is 5.32 Å². The fraction of sp³-hybridized carbons (Fsp3) is 1.00. The van der Waals surface area contributed by atoms with Gasteiger partial charge in [-0.25, -0.2) is 0 Å². The van der Waals surface area contributed by atoms with Crippen LogP contribution in [0.25, 0.3) is 0 Å². The average Bonchev–Trinajstić information content (AvgIpc) is 2.28. The molecule has 2 aliphatic rings. The van der Waals surface area contributed by atoms with Crippen LogP contribution in [0.2, 0.25) is 0 Å². The first-order valence-corrected chi connectivity index (χ1v) is 7.44. The van der Waals surface area contributed by atoms with Crippen molar-refractivity contribution in [2.75, 3.05) is 13.7 Å². The van der Waals surface area contributed by atoms with Gasteiger partial charge in [-0.2, -0.15) is 0 Å². The van der Waals surface area contributed by atoms with Crippen LogP contribution in [0, 0.1) is 11.8 Å². The normalized spacial score (nSPS) is 32.5. The number of hydrogen-bond acceptors (Lipinski definition) is 2. The van der Waals surface area contributed by atoms with E-state index in [1.165, 1.54) is 44.9 Å². The minimum atomic E-state index is 0.185. The summed E-state index contributed by atoms with van der Waals surface area (Å²) < 4.78 is 5.68. The van der Waals surface area contributed by atoms with Crippen LogP contribution in [0.4, 0.5) is 0 Å². The van der Waals surface area contributed by atoms with Crippen LogP contribution in [0.15, 0.2) is 0 Å². The predicted molar refractivity (Wildman–Crippen MR) is 72.2 cm³/mol. The zero-order valence-corrected chi connectivity index (χ0v) is 11.8. The van der Waals surface area contributed by atoms with E-state index in [-0.39, 0.29) is 5.60 Å². The molecule has 1 N–H and O–H groups in total. The van der Waals surface area contributed by atoms with Gasteiger partial charge in [0, 0.05) is 19.7 Å². The molecule has 0 aromatic rings. The smallest absolute Gasteiger partial charge is 0.0802 e. The molecule has 0 aliphatic heterocycles. The van der Waals surface area contributed by atoms with Crippen molar-refractivity contribution < 1.29 is 4.74 Å². The number of rotatable bonds is 5. The lowest BCUT2D eigenvalue weighted by Crippen LogP contribution is -2.51. The van der Waals surface area contributed by atoms with E-state index in [4.69, 9.17) is 4.74 Å². The Morgan fingerprint density at radius 1 is 1.24 bits per heavy atom. The zero-order valence-electron chi connectivity index (χ0n) is 11.8. The number of methoxy groups -OCH3 is 1. The van der Waals surface area contributed by atoms with Gasteiger partial charge in [-0.3, -0.25) is 0 Å². The molecule has 0 saturated heterocycles. The highest BCUT2D eigenvalue weighted by Crippen LogP contribution is 2.35. The molecule has 0 aromatic heterocycles. The molecule has 2 aliphatic carbocycles. The van der Waals surface area contributed by atoms with Crippen molar-refractivity contribution in [1.29, 1.82) is 0 Å². The molecule has 0 heterocycles. The van der Waals surface area contributed by atoms with Crippen LogP contribution in [-0.2, 0) is 4.74 Å². The van der Waals surface area contributed by atoms with Gasteiger partial charge in [-0.15, -0.1) is 0 Å². The number of ether oxygens (including phenoxy) is 1. The van der Waals surface area contributed by atoms with E-state index >= 15 is 0 Å². The standard InChI is InChI=1S/C15H29NO/c1-12(2)13-6-4-7-14(10-13)16-11-15(17-3)8-5-9-15/h12-14,16H,4-11H2,1-3H3. The maximum absolute atomic E-state index is 5.68. The Morgan fingerprint density at radius 3 is 2.53 bits per heavy atom. The molecule has 0 aromatic carbocycles. The van der Waals surface area contributed by atoms with Crippen LogP contribution in [0.1, 0.15) is 58.8 Å². The molecule has 2 heteroatoms. The molecule has 2 nitrogen and oxygen atoms in total. The third-order valence-corrected chi connectivity index (χ3v) is 5.07. The first kappa shape index (κ1) is 13.4. The summed E-state index contributed by atoms with van der Waals surface area (Å²) >= 11 is 0. The summed E-state index contributed by atoms with van der Waals surface area (Å²) in [6.07, 6.45) is 9.41. The van der Waals surface area contributed by atoms with Crippen molar-refractivity contribution in [3.05, 3.63) is 0 Å². The lowest BCUT2D eigenvalue weighted by Gasteiger charge is -2.42. The molecule has 2 fully saturated rings. The van der Waals surface area contributed by atoms with Gasteiger partial charge in [-0.05, 0) is 43.9 Å². The molecule has 17 heavy (non-hydrogen) atoms. The van der Waals surface area contributed by atoms with Gasteiger partial charge in [0.05, 0.1) is 5.60 Å². The second-order valence-corrected chi connectivity index (χ2v) is 6.49. The average molecular weight is 239 g/mol. The minimum Gasteiger partial charge on any atom is -0.377 e. The van der Waals surface area contributed by atoms with E-state index in [1.54, 1.807) is 0 Å². The SMILES string of the molecule is COC1(CNC2CCCC(C(C)C)C2)CCC1. The van der Waals surface area contributed by atoms with Gasteiger partial charge in [0.2, 0.25) is 0 Å². The number of hydrogen-bond donors (Lipinski definition) is 1. The summed E-state index contributed by atoms with van der Waals surface area (Å²) in [6.45, 7) is 5.81. The Labute approximate surface area is 107 Å². The summed E-state index contributed by atoms with van der Waals surface area (Å²) in [5, 5.41) is 3.78. The third kappa shape index (κ3) is 3.23. The van der Waals surface area contributed by atoms with Crippen LogP contribution in [0.5, 0.6) is 0 Å². The van der Waals surface area contributed by atoms with Crippen molar-refractivity contribution in [2.24, 2.45) is 11.8 Å².